The van der Waals surface area contributed by atoms with Gasteiger partial charge in [-0.25, -0.2) is 5.21 Å². The van der Waals surface area contributed by atoms with E-state index in [2.05, 4.69) is 10.2 Å². The molecule has 1 amide bonds. The van der Waals surface area contributed by atoms with Gasteiger partial charge in [-0.05, 0) is 37.5 Å². The van der Waals surface area contributed by atoms with Crippen LogP contribution in [0.3, 0.4) is 0 Å². The number of nitrogens with one attached hydrogen (secondary N) is 1. The van der Waals surface area contributed by atoms with Crippen LogP contribution in [0.4, 0.5) is 0 Å². The summed E-state index contributed by atoms with van der Waals surface area (Å²) in [6.07, 6.45) is 1.24. The molecule has 0 saturated carbocycles. The molecular formula is C14H21N2O6+. The maximum absolute atomic E-state index is 11.7. The Labute approximate surface area is 128 Å². The number of hydrogen-bond donors (Lipinski definition) is 2. The summed E-state index contributed by atoms with van der Waals surface area (Å²) in [5, 5.41) is 10.5. The molecule has 1 aliphatic rings. The van der Waals surface area contributed by atoms with Crippen LogP contribution in [0.1, 0.15) is 26.8 Å². The van der Waals surface area contributed by atoms with E-state index < -0.39 is 5.09 Å². The van der Waals surface area contributed by atoms with Gasteiger partial charge in [-0.15, -0.1) is 0 Å². The summed E-state index contributed by atoms with van der Waals surface area (Å²) in [5.41, 5.74) is 1.04. The zero-order valence-electron chi connectivity index (χ0n) is 12.3. The highest BCUT2D eigenvalue weighted by Gasteiger charge is 2.15. The van der Waals surface area contributed by atoms with Crippen LogP contribution < -0.4 is 14.8 Å². The lowest BCUT2D eigenvalue weighted by molar-refractivity contribution is -0.975. The van der Waals surface area contributed by atoms with E-state index in [1.54, 1.807) is 0 Å². The fourth-order valence-corrected chi connectivity index (χ4v) is 2.19. The fourth-order valence-electron chi connectivity index (χ4n) is 2.19. The molecule has 0 spiro atoms. The highest BCUT2D eigenvalue weighted by Crippen LogP contribution is 2.32. The Kier molecular flexibility index (Phi) is 5.40. The van der Waals surface area contributed by atoms with Crippen molar-refractivity contribution in [1.29, 1.82) is 0 Å². The van der Waals surface area contributed by atoms with Crippen molar-refractivity contribution in [2.24, 2.45) is 0 Å². The molecule has 1 aliphatic heterocycles. The topological polar surface area (TPSA) is 97.1 Å². The van der Waals surface area contributed by atoms with Crippen LogP contribution in [0.25, 0.3) is 0 Å². The maximum Gasteiger partial charge on any atom is 0.475 e. The lowest BCUT2D eigenvalue weighted by Crippen LogP contribution is -2.34. The Balaban J connectivity index is 0.00000264. The number of ether oxygens (including phenoxy) is 2. The van der Waals surface area contributed by atoms with Gasteiger partial charge in [-0.1, -0.05) is 6.07 Å². The predicted octanol–water partition coefficient (Wildman–Crippen LogP) is 1.59. The molecule has 1 aromatic carbocycles. The van der Waals surface area contributed by atoms with Crippen molar-refractivity contribution in [1.82, 2.24) is 5.32 Å². The maximum atomic E-state index is 11.7. The zero-order valence-corrected chi connectivity index (χ0v) is 12.3. The molecule has 0 fully saturated rings. The monoisotopic (exact) mass is 313 g/mol. The first-order valence-corrected chi connectivity index (χ1v) is 7.01. The number of carbonyl (C=O) groups is 1. The molecule has 122 valence electrons. The van der Waals surface area contributed by atoms with Gasteiger partial charge in [0, 0.05) is 13.9 Å². The van der Waals surface area contributed by atoms with Crippen LogP contribution in [0.15, 0.2) is 18.2 Å². The van der Waals surface area contributed by atoms with Gasteiger partial charge >= 0.3 is 5.09 Å². The summed E-state index contributed by atoms with van der Waals surface area (Å²) < 4.78 is 10.6. The van der Waals surface area contributed by atoms with Crippen molar-refractivity contribution >= 4 is 5.91 Å². The van der Waals surface area contributed by atoms with Gasteiger partial charge < -0.3 is 14.8 Å². The van der Waals surface area contributed by atoms with Crippen LogP contribution in [-0.4, -0.2) is 35.6 Å². The number of nitrogens with zero attached hydrogens (tertiary/aromatic N) is 1. The number of fused-ring (bicyclic) bond motifs is 1. The quantitative estimate of drug-likeness (QED) is 0.559. The van der Waals surface area contributed by atoms with Crippen molar-refractivity contribution in [3.05, 3.63) is 28.7 Å². The van der Waals surface area contributed by atoms with E-state index >= 15 is 0 Å². The van der Waals surface area contributed by atoms with Gasteiger partial charge in [0.1, 0.15) is 4.91 Å². The molecule has 0 radical (unpaired) electrons. The van der Waals surface area contributed by atoms with Crippen LogP contribution in [0.2, 0.25) is 0 Å². The Bertz CT molecular complexity index is 554. The Morgan fingerprint density at radius 1 is 1.50 bits per heavy atom. The minimum atomic E-state index is -0.611. The molecule has 22 heavy (non-hydrogen) atoms. The molecule has 2 rings (SSSR count). The van der Waals surface area contributed by atoms with E-state index in [0.717, 1.165) is 17.1 Å². The minimum Gasteiger partial charge on any atom is -0.454 e. The van der Waals surface area contributed by atoms with Gasteiger partial charge in [0.15, 0.2) is 18.1 Å². The Morgan fingerprint density at radius 3 is 3.05 bits per heavy atom. The number of benzene rings is 1. The zero-order chi connectivity index (χ0) is 15.9. The first-order chi connectivity index (χ1) is 10.5. The number of hydrogen-bond acceptors (Lipinski definition) is 5. The van der Waals surface area contributed by atoms with Crippen molar-refractivity contribution in [2.45, 2.75) is 32.2 Å². The molecule has 0 aliphatic carbocycles. The highest BCUT2D eigenvalue weighted by atomic mass is 16.9. The standard InChI is InChI=1S/C14H18N2O6.H2/c1-10(15-14(17)3-2-6-22-16(18)19)7-11-4-5-12-13(8-11)21-9-20-12;/h4-5,8,10H,2-3,6-7,9H2,1H3,(H-,15,17,18,19);1H/p+1/t10-;/m0./s1. The average Bonchev–Trinajstić information content (AvgIpc) is 2.90. The molecule has 0 unspecified atom stereocenters. The lowest BCUT2D eigenvalue weighted by Gasteiger charge is -2.14. The van der Waals surface area contributed by atoms with Crippen molar-refractivity contribution < 1.29 is 30.8 Å². The minimum absolute atomic E-state index is 0. The summed E-state index contributed by atoms with van der Waals surface area (Å²) >= 11 is 0. The molecule has 2 N–H and O–H groups in total. The van der Waals surface area contributed by atoms with Crippen LogP contribution >= 0.6 is 0 Å². The van der Waals surface area contributed by atoms with E-state index in [0.29, 0.717) is 12.8 Å². The second-order valence-corrected chi connectivity index (χ2v) is 5.03. The number of amides is 1. The first-order valence-electron chi connectivity index (χ1n) is 7.01. The summed E-state index contributed by atoms with van der Waals surface area (Å²) in [7, 11) is 0. The Morgan fingerprint density at radius 2 is 2.27 bits per heavy atom. The van der Waals surface area contributed by atoms with E-state index in [4.69, 9.17) is 14.7 Å². The summed E-state index contributed by atoms with van der Waals surface area (Å²) in [4.78, 5) is 26.1. The first kappa shape index (κ1) is 15.9. The molecule has 0 saturated heterocycles. The third kappa shape index (κ3) is 4.80. The van der Waals surface area contributed by atoms with Crippen LogP contribution in [0.5, 0.6) is 11.5 Å². The lowest BCUT2D eigenvalue weighted by atomic mass is 10.1. The second kappa shape index (κ2) is 7.48. The van der Waals surface area contributed by atoms with Crippen molar-refractivity contribution in [3.8, 4) is 11.5 Å². The molecule has 8 heteroatoms. The van der Waals surface area contributed by atoms with Crippen LogP contribution in [-0.2, 0) is 16.1 Å². The average molecular weight is 313 g/mol. The van der Waals surface area contributed by atoms with E-state index in [-0.39, 0.29) is 33.2 Å². The van der Waals surface area contributed by atoms with Gasteiger partial charge in [0.2, 0.25) is 12.7 Å². The molecule has 8 nitrogen and oxygen atoms in total. The van der Waals surface area contributed by atoms with Gasteiger partial charge in [-0.2, -0.15) is 4.84 Å². The number of carbonyl (C=O) groups excluding carboxylic acids is 1. The normalized spacial score (nSPS) is 13.5. The highest BCUT2D eigenvalue weighted by molar-refractivity contribution is 5.76. The van der Waals surface area contributed by atoms with Crippen molar-refractivity contribution in [2.75, 3.05) is 13.4 Å². The van der Waals surface area contributed by atoms with Gasteiger partial charge in [-0.3, -0.25) is 4.79 Å². The predicted molar refractivity (Wildman–Crippen MR) is 76.6 cm³/mol. The molecular weight excluding hydrogens is 292 g/mol. The number of rotatable bonds is 8. The summed E-state index contributed by atoms with van der Waals surface area (Å²) in [6.45, 7) is 2.14. The van der Waals surface area contributed by atoms with E-state index in [9.17, 15) is 9.70 Å². The van der Waals surface area contributed by atoms with Crippen LogP contribution in [0, 0.1) is 4.91 Å². The van der Waals surface area contributed by atoms with E-state index in [1.807, 2.05) is 25.1 Å². The third-order valence-corrected chi connectivity index (χ3v) is 3.14. The largest absolute Gasteiger partial charge is 0.475 e. The van der Waals surface area contributed by atoms with Gasteiger partial charge in [0.05, 0.1) is 0 Å². The molecule has 1 heterocycles. The van der Waals surface area contributed by atoms with E-state index in [1.165, 1.54) is 0 Å². The third-order valence-electron chi connectivity index (χ3n) is 3.14. The fraction of sp³-hybridized carbons (Fsp3) is 0.500. The van der Waals surface area contributed by atoms with Crippen molar-refractivity contribution in [3.63, 3.8) is 0 Å². The molecule has 1 atom stereocenters. The summed E-state index contributed by atoms with van der Waals surface area (Å²) in [5.74, 6) is 1.32. The second-order valence-electron chi connectivity index (χ2n) is 5.03. The molecule has 0 aromatic heterocycles. The smallest absolute Gasteiger partial charge is 0.454 e. The molecule has 0 bridgehead atoms. The summed E-state index contributed by atoms with van der Waals surface area (Å²) in [6, 6.07) is 5.66. The van der Waals surface area contributed by atoms with Gasteiger partial charge in [0.25, 0.3) is 0 Å². The SMILES string of the molecule is C[C@@H](Cc1ccc2c(c1)OCO2)NC(=O)CCCO[N+](=O)O.[HH]. The Hall–Kier alpha value is -2.51. The molecule has 1 aromatic rings.